The number of carbonyl (C=O) groups is 1. The first-order valence-electron chi connectivity index (χ1n) is 9.83. The molecule has 12 heteroatoms. The van der Waals surface area contributed by atoms with E-state index in [9.17, 15) is 21.6 Å². The van der Waals surface area contributed by atoms with Gasteiger partial charge in [0.15, 0.2) is 0 Å². The molecule has 0 bridgehead atoms. The number of sulfonamides is 2. The fourth-order valence-corrected chi connectivity index (χ4v) is 6.65. The van der Waals surface area contributed by atoms with Crippen molar-refractivity contribution in [2.24, 2.45) is 13.0 Å². The van der Waals surface area contributed by atoms with E-state index in [-0.39, 0.29) is 36.2 Å². The minimum atomic E-state index is -3.71. The highest BCUT2D eigenvalue weighted by atomic mass is 32.2. The van der Waals surface area contributed by atoms with Crippen LogP contribution in [0.1, 0.15) is 25.5 Å². The Labute approximate surface area is 172 Å². The lowest BCUT2D eigenvalue weighted by Crippen LogP contribution is -2.54. The molecule has 10 nitrogen and oxygen atoms in total. The van der Waals surface area contributed by atoms with Gasteiger partial charge >= 0.3 is 0 Å². The Hall–Kier alpha value is -1.50. The summed E-state index contributed by atoms with van der Waals surface area (Å²) in [5.41, 5.74) is 0.562. The Balaban J connectivity index is 1.67. The van der Waals surface area contributed by atoms with Gasteiger partial charge in [0.25, 0.3) is 0 Å². The van der Waals surface area contributed by atoms with Crippen molar-refractivity contribution in [3.63, 3.8) is 0 Å². The minimum absolute atomic E-state index is 0.0458. The highest BCUT2D eigenvalue weighted by molar-refractivity contribution is 7.89. The van der Waals surface area contributed by atoms with Crippen LogP contribution in [0, 0.1) is 12.8 Å². The number of rotatable bonds is 5. The quantitative estimate of drug-likeness (QED) is 0.608. The third kappa shape index (κ3) is 4.35. The van der Waals surface area contributed by atoms with E-state index < -0.39 is 26.0 Å². The van der Waals surface area contributed by atoms with Crippen LogP contribution in [0.15, 0.2) is 11.1 Å². The molecule has 3 heterocycles. The molecule has 164 valence electrons. The molecule has 0 saturated carbocycles. The van der Waals surface area contributed by atoms with Crippen LogP contribution < -0.4 is 0 Å². The fourth-order valence-electron chi connectivity index (χ4n) is 3.86. The van der Waals surface area contributed by atoms with E-state index in [1.165, 1.54) is 19.5 Å². The fraction of sp³-hybridized carbons (Fsp3) is 0.765. The largest absolute Gasteiger partial charge is 0.340 e. The van der Waals surface area contributed by atoms with E-state index in [4.69, 9.17) is 0 Å². The summed E-state index contributed by atoms with van der Waals surface area (Å²) < 4.78 is 54.3. The van der Waals surface area contributed by atoms with Crippen LogP contribution in [0.2, 0.25) is 0 Å². The molecule has 2 aliphatic rings. The Morgan fingerprint density at radius 2 is 1.76 bits per heavy atom. The topological polar surface area (TPSA) is 113 Å². The van der Waals surface area contributed by atoms with Gasteiger partial charge < -0.3 is 4.90 Å². The van der Waals surface area contributed by atoms with E-state index in [1.54, 1.807) is 25.8 Å². The van der Waals surface area contributed by atoms with Crippen LogP contribution in [0.4, 0.5) is 0 Å². The summed E-state index contributed by atoms with van der Waals surface area (Å²) in [6, 6.07) is 0. The number of carbonyl (C=O) groups excluding carboxylic acids is 1. The maximum Gasteiger partial charge on any atom is 0.246 e. The highest BCUT2D eigenvalue weighted by Gasteiger charge is 2.37. The average molecular weight is 448 g/mol. The number of nitrogens with zero attached hydrogens (tertiary/aromatic N) is 5. The lowest BCUT2D eigenvalue weighted by atomic mass is 9.98. The Bertz CT molecular complexity index is 964. The van der Waals surface area contributed by atoms with Gasteiger partial charge in [0.2, 0.25) is 26.0 Å². The van der Waals surface area contributed by atoms with Crippen molar-refractivity contribution in [3.05, 3.63) is 11.9 Å². The van der Waals surface area contributed by atoms with E-state index in [0.717, 1.165) is 0 Å². The number of aryl methyl sites for hydroxylation is 1. The molecule has 2 fully saturated rings. The molecule has 1 amide bonds. The number of hydrogen-bond donors (Lipinski definition) is 0. The number of amides is 1. The molecule has 0 radical (unpaired) electrons. The third-order valence-corrected chi connectivity index (χ3v) is 9.70. The highest BCUT2D eigenvalue weighted by Crippen LogP contribution is 2.26. The van der Waals surface area contributed by atoms with Gasteiger partial charge in [-0.15, -0.1) is 0 Å². The summed E-state index contributed by atoms with van der Waals surface area (Å²) >= 11 is 0. The van der Waals surface area contributed by atoms with Crippen molar-refractivity contribution < 1.29 is 21.6 Å². The van der Waals surface area contributed by atoms with Crippen LogP contribution >= 0.6 is 0 Å². The van der Waals surface area contributed by atoms with Crippen LogP contribution in [-0.4, -0.2) is 91.1 Å². The number of aromatic nitrogens is 2. The van der Waals surface area contributed by atoms with E-state index >= 15 is 0 Å². The van der Waals surface area contributed by atoms with E-state index in [2.05, 4.69) is 5.10 Å². The third-order valence-electron chi connectivity index (χ3n) is 5.85. The van der Waals surface area contributed by atoms with Crippen molar-refractivity contribution >= 4 is 26.0 Å². The minimum Gasteiger partial charge on any atom is -0.340 e. The van der Waals surface area contributed by atoms with Crippen molar-refractivity contribution in [1.82, 2.24) is 23.3 Å². The average Bonchev–Trinajstić information content (AvgIpc) is 3.07. The van der Waals surface area contributed by atoms with Crippen molar-refractivity contribution in [3.8, 4) is 0 Å². The monoisotopic (exact) mass is 447 g/mol. The van der Waals surface area contributed by atoms with Gasteiger partial charge in [-0.3, -0.25) is 9.48 Å². The molecule has 0 spiro atoms. The molecule has 0 N–H and O–H groups in total. The Kier molecular flexibility index (Phi) is 6.37. The zero-order valence-electron chi connectivity index (χ0n) is 17.1. The predicted octanol–water partition coefficient (Wildman–Crippen LogP) is -0.377. The molecule has 0 aromatic carbocycles. The zero-order chi connectivity index (χ0) is 21.4. The smallest absolute Gasteiger partial charge is 0.246 e. The first-order valence-corrected chi connectivity index (χ1v) is 12.9. The molecular weight excluding hydrogens is 418 g/mol. The van der Waals surface area contributed by atoms with Gasteiger partial charge in [-0.05, 0) is 26.7 Å². The lowest BCUT2D eigenvalue weighted by Gasteiger charge is -2.38. The maximum absolute atomic E-state index is 13.0. The maximum atomic E-state index is 13.0. The van der Waals surface area contributed by atoms with Gasteiger partial charge in [0.05, 0.1) is 23.6 Å². The molecule has 29 heavy (non-hydrogen) atoms. The van der Waals surface area contributed by atoms with Crippen LogP contribution in [0.25, 0.3) is 0 Å². The summed E-state index contributed by atoms with van der Waals surface area (Å²) in [4.78, 5) is 14.8. The molecule has 0 aliphatic carbocycles. The summed E-state index contributed by atoms with van der Waals surface area (Å²) in [5.74, 6) is -0.462. The standard InChI is InChI=1S/C17H29N5O5S2/c1-4-28(24,25)21-10-8-20(9-11-21)17(23)15-6-5-7-22(13-15)29(26,27)16-12-18-19(3)14(16)2/h12,15H,4-11,13H2,1-3H3/t15-/m1/s1. The Morgan fingerprint density at radius 3 is 2.31 bits per heavy atom. The molecule has 3 rings (SSSR count). The summed E-state index contributed by atoms with van der Waals surface area (Å²) in [5, 5.41) is 4.02. The summed E-state index contributed by atoms with van der Waals surface area (Å²) in [7, 11) is -5.28. The Morgan fingerprint density at radius 1 is 1.10 bits per heavy atom. The molecular formula is C17H29N5O5S2. The molecule has 2 aliphatic heterocycles. The molecule has 0 unspecified atom stereocenters. The van der Waals surface area contributed by atoms with Gasteiger partial charge in [0, 0.05) is 46.3 Å². The lowest BCUT2D eigenvalue weighted by molar-refractivity contribution is -0.137. The number of hydrogen-bond acceptors (Lipinski definition) is 6. The zero-order valence-corrected chi connectivity index (χ0v) is 18.7. The summed E-state index contributed by atoms with van der Waals surface area (Å²) in [6.07, 6.45) is 2.59. The molecule has 2 saturated heterocycles. The molecule has 1 aromatic rings. The number of piperazine rings is 1. The van der Waals surface area contributed by atoms with Crippen LogP contribution in [0.3, 0.4) is 0 Å². The predicted molar refractivity (Wildman–Crippen MR) is 107 cm³/mol. The van der Waals surface area contributed by atoms with Crippen molar-refractivity contribution in [2.45, 2.75) is 31.6 Å². The molecule has 1 atom stereocenters. The second-order valence-electron chi connectivity index (χ2n) is 7.54. The van der Waals surface area contributed by atoms with E-state index in [1.807, 2.05) is 0 Å². The normalized spacial score (nSPS) is 22.7. The summed E-state index contributed by atoms with van der Waals surface area (Å²) in [6.45, 7) is 5.07. The van der Waals surface area contributed by atoms with Crippen molar-refractivity contribution in [1.29, 1.82) is 0 Å². The van der Waals surface area contributed by atoms with Crippen molar-refractivity contribution in [2.75, 3.05) is 45.0 Å². The van der Waals surface area contributed by atoms with Gasteiger partial charge in [-0.2, -0.15) is 13.7 Å². The first-order chi connectivity index (χ1) is 13.6. The second-order valence-corrected chi connectivity index (χ2v) is 11.7. The number of piperidine rings is 1. The van der Waals surface area contributed by atoms with E-state index in [0.29, 0.717) is 38.2 Å². The SMILES string of the molecule is CCS(=O)(=O)N1CCN(C(=O)[C@@H]2CCCN(S(=O)(=O)c3cnn(C)c3C)C2)CC1. The van der Waals surface area contributed by atoms with Gasteiger partial charge in [-0.1, -0.05) is 0 Å². The van der Waals surface area contributed by atoms with Gasteiger partial charge in [-0.25, -0.2) is 16.8 Å². The van der Waals surface area contributed by atoms with Crippen LogP contribution in [-0.2, 0) is 31.9 Å². The first kappa shape index (κ1) is 22.2. The van der Waals surface area contributed by atoms with Gasteiger partial charge in [0.1, 0.15) is 4.90 Å². The second kappa shape index (κ2) is 8.32. The molecule has 1 aromatic heterocycles. The van der Waals surface area contributed by atoms with Crippen LogP contribution in [0.5, 0.6) is 0 Å².